The number of para-hydroxylation sites is 1. The molecule has 0 saturated carbocycles. The summed E-state index contributed by atoms with van der Waals surface area (Å²) in [6.45, 7) is 1.84. The predicted octanol–water partition coefficient (Wildman–Crippen LogP) is 3.79. The second-order valence-corrected chi connectivity index (χ2v) is 4.42. The molecule has 0 bridgehead atoms. The number of ether oxygens (including phenoxy) is 1. The first-order valence-electron chi connectivity index (χ1n) is 6.31. The van der Waals surface area contributed by atoms with E-state index in [-0.39, 0.29) is 11.9 Å². The lowest BCUT2D eigenvalue weighted by molar-refractivity contribution is 0.0602. The third kappa shape index (κ3) is 2.96. The Hall–Kier alpha value is -2.36. The maximum absolute atomic E-state index is 13.7. The Morgan fingerprint density at radius 2 is 1.80 bits per heavy atom. The van der Waals surface area contributed by atoms with E-state index in [2.05, 4.69) is 5.32 Å². The van der Waals surface area contributed by atoms with Gasteiger partial charge in [-0.25, -0.2) is 9.18 Å². The van der Waals surface area contributed by atoms with E-state index in [1.165, 1.54) is 13.2 Å². The maximum atomic E-state index is 13.7. The summed E-state index contributed by atoms with van der Waals surface area (Å²) >= 11 is 0. The molecule has 2 aromatic carbocycles. The molecule has 0 saturated heterocycles. The Morgan fingerprint density at radius 1 is 1.15 bits per heavy atom. The fraction of sp³-hybridized carbons (Fsp3) is 0.188. The fourth-order valence-corrected chi connectivity index (χ4v) is 2.03. The number of rotatable bonds is 4. The molecule has 0 radical (unpaired) electrons. The SMILES string of the molecule is COC(=O)c1ccccc1NC(C)c1ccccc1F. The van der Waals surface area contributed by atoms with Gasteiger partial charge in [0.2, 0.25) is 0 Å². The van der Waals surface area contributed by atoms with E-state index in [1.54, 1.807) is 36.4 Å². The normalized spacial score (nSPS) is 11.8. The Morgan fingerprint density at radius 3 is 2.50 bits per heavy atom. The molecule has 104 valence electrons. The minimum absolute atomic E-state index is 0.262. The zero-order valence-electron chi connectivity index (χ0n) is 11.4. The van der Waals surface area contributed by atoms with Crippen LogP contribution >= 0.6 is 0 Å². The maximum Gasteiger partial charge on any atom is 0.339 e. The molecule has 0 amide bonds. The van der Waals surface area contributed by atoms with Gasteiger partial charge in [-0.1, -0.05) is 30.3 Å². The number of hydrogen-bond acceptors (Lipinski definition) is 3. The minimum Gasteiger partial charge on any atom is -0.465 e. The third-order valence-electron chi connectivity index (χ3n) is 3.08. The molecule has 20 heavy (non-hydrogen) atoms. The van der Waals surface area contributed by atoms with Crippen LogP contribution in [0.1, 0.15) is 28.9 Å². The first-order valence-corrected chi connectivity index (χ1v) is 6.31. The van der Waals surface area contributed by atoms with Crippen LogP contribution < -0.4 is 5.32 Å². The Labute approximate surface area is 117 Å². The Balaban J connectivity index is 2.26. The molecule has 0 aromatic heterocycles. The van der Waals surface area contributed by atoms with Crippen molar-refractivity contribution in [1.82, 2.24) is 0 Å². The van der Waals surface area contributed by atoms with Crippen LogP contribution in [0.4, 0.5) is 10.1 Å². The summed E-state index contributed by atoms with van der Waals surface area (Å²) < 4.78 is 18.5. The number of carbonyl (C=O) groups excluding carboxylic acids is 1. The van der Waals surface area contributed by atoms with Crippen LogP contribution in [0.5, 0.6) is 0 Å². The number of anilines is 1. The molecule has 1 atom stereocenters. The highest BCUT2D eigenvalue weighted by Gasteiger charge is 2.15. The van der Waals surface area contributed by atoms with Crippen molar-refractivity contribution in [3.63, 3.8) is 0 Å². The standard InChI is InChI=1S/C16H16FNO2/c1-11(12-7-3-5-9-14(12)17)18-15-10-6-4-8-13(15)16(19)20-2/h3-11,18H,1-2H3. The van der Waals surface area contributed by atoms with Gasteiger partial charge in [0.25, 0.3) is 0 Å². The number of halogens is 1. The Bertz CT molecular complexity index is 613. The Kier molecular flexibility index (Phi) is 4.35. The lowest BCUT2D eigenvalue weighted by Crippen LogP contribution is -2.12. The van der Waals surface area contributed by atoms with Gasteiger partial charge in [-0.3, -0.25) is 0 Å². The predicted molar refractivity (Wildman–Crippen MR) is 76.2 cm³/mol. The molecule has 3 nitrogen and oxygen atoms in total. The van der Waals surface area contributed by atoms with Crippen LogP contribution in [0.3, 0.4) is 0 Å². The van der Waals surface area contributed by atoms with Crippen molar-refractivity contribution >= 4 is 11.7 Å². The number of carbonyl (C=O) groups is 1. The topological polar surface area (TPSA) is 38.3 Å². The molecular weight excluding hydrogens is 257 g/mol. The van der Waals surface area contributed by atoms with Crippen molar-refractivity contribution < 1.29 is 13.9 Å². The van der Waals surface area contributed by atoms with Crippen molar-refractivity contribution in [2.24, 2.45) is 0 Å². The van der Waals surface area contributed by atoms with E-state index in [1.807, 2.05) is 13.0 Å². The van der Waals surface area contributed by atoms with Crippen molar-refractivity contribution in [1.29, 1.82) is 0 Å². The molecule has 4 heteroatoms. The van der Waals surface area contributed by atoms with E-state index >= 15 is 0 Å². The summed E-state index contributed by atoms with van der Waals surface area (Å²) in [5.41, 5.74) is 1.60. The van der Waals surface area contributed by atoms with Gasteiger partial charge in [-0.2, -0.15) is 0 Å². The summed E-state index contributed by atoms with van der Waals surface area (Å²) in [4.78, 5) is 11.7. The molecule has 0 aliphatic carbocycles. The second-order valence-electron chi connectivity index (χ2n) is 4.42. The van der Waals surface area contributed by atoms with E-state index in [9.17, 15) is 9.18 Å². The highest BCUT2D eigenvalue weighted by Crippen LogP contribution is 2.24. The first kappa shape index (κ1) is 14.1. The highest BCUT2D eigenvalue weighted by molar-refractivity contribution is 5.95. The van der Waals surface area contributed by atoms with Crippen LogP contribution in [-0.2, 0) is 4.74 Å². The second kappa shape index (κ2) is 6.19. The van der Waals surface area contributed by atoms with Crippen molar-refractivity contribution in [3.05, 3.63) is 65.5 Å². The molecule has 2 rings (SSSR count). The quantitative estimate of drug-likeness (QED) is 0.861. The molecule has 0 heterocycles. The molecular formula is C16H16FNO2. The molecule has 0 fully saturated rings. The van der Waals surface area contributed by atoms with Gasteiger partial charge in [0.1, 0.15) is 5.82 Å². The lowest BCUT2D eigenvalue weighted by Gasteiger charge is -2.18. The largest absolute Gasteiger partial charge is 0.465 e. The summed E-state index contributed by atoms with van der Waals surface area (Å²) in [6.07, 6.45) is 0. The van der Waals surface area contributed by atoms with Crippen molar-refractivity contribution in [2.75, 3.05) is 12.4 Å². The average Bonchev–Trinajstić information content (AvgIpc) is 2.47. The molecule has 2 aromatic rings. The van der Waals surface area contributed by atoms with Crippen LogP contribution in [0.2, 0.25) is 0 Å². The molecule has 1 N–H and O–H groups in total. The highest BCUT2D eigenvalue weighted by atomic mass is 19.1. The van der Waals surface area contributed by atoms with Gasteiger partial charge in [-0.15, -0.1) is 0 Å². The smallest absolute Gasteiger partial charge is 0.339 e. The fourth-order valence-electron chi connectivity index (χ4n) is 2.03. The van der Waals surface area contributed by atoms with Crippen molar-refractivity contribution in [3.8, 4) is 0 Å². The van der Waals surface area contributed by atoms with Gasteiger partial charge in [-0.05, 0) is 25.1 Å². The van der Waals surface area contributed by atoms with Crippen molar-refractivity contribution in [2.45, 2.75) is 13.0 Å². The van der Waals surface area contributed by atoms with Gasteiger partial charge in [0.15, 0.2) is 0 Å². The lowest BCUT2D eigenvalue weighted by atomic mass is 10.1. The van der Waals surface area contributed by atoms with Gasteiger partial charge < -0.3 is 10.1 Å². The average molecular weight is 273 g/mol. The molecule has 0 aliphatic heterocycles. The zero-order valence-corrected chi connectivity index (χ0v) is 11.4. The molecule has 1 unspecified atom stereocenters. The van der Waals surface area contributed by atoms with Gasteiger partial charge in [0, 0.05) is 11.3 Å². The summed E-state index contributed by atoms with van der Waals surface area (Å²) in [5, 5.41) is 3.14. The summed E-state index contributed by atoms with van der Waals surface area (Å²) in [5.74, 6) is -0.697. The van der Waals surface area contributed by atoms with Crippen LogP contribution in [0.25, 0.3) is 0 Å². The van der Waals surface area contributed by atoms with Crippen LogP contribution in [0, 0.1) is 5.82 Å². The molecule has 0 spiro atoms. The number of methoxy groups -OCH3 is 1. The number of esters is 1. The van der Waals surface area contributed by atoms with Gasteiger partial charge in [0.05, 0.1) is 18.7 Å². The van der Waals surface area contributed by atoms with E-state index in [4.69, 9.17) is 4.74 Å². The molecule has 0 aliphatic rings. The third-order valence-corrected chi connectivity index (χ3v) is 3.08. The summed E-state index contributed by atoms with van der Waals surface area (Å²) in [6, 6.07) is 13.3. The van der Waals surface area contributed by atoms with Crippen LogP contribution in [-0.4, -0.2) is 13.1 Å². The first-order chi connectivity index (χ1) is 9.63. The number of benzene rings is 2. The van der Waals surface area contributed by atoms with E-state index in [0.29, 0.717) is 16.8 Å². The van der Waals surface area contributed by atoms with E-state index in [0.717, 1.165) is 0 Å². The van der Waals surface area contributed by atoms with Crippen LogP contribution in [0.15, 0.2) is 48.5 Å². The van der Waals surface area contributed by atoms with E-state index < -0.39 is 5.97 Å². The summed E-state index contributed by atoms with van der Waals surface area (Å²) in [7, 11) is 1.33. The zero-order chi connectivity index (χ0) is 14.5. The number of nitrogens with one attached hydrogen (secondary N) is 1. The monoisotopic (exact) mass is 273 g/mol. The number of hydrogen-bond donors (Lipinski definition) is 1. The van der Waals surface area contributed by atoms with Gasteiger partial charge >= 0.3 is 5.97 Å². The minimum atomic E-state index is -0.422.